The first-order valence-corrected chi connectivity index (χ1v) is 6.83. The van der Waals surface area contributed by atoms with Crippen LogP contribution in [0.15, 0.2) is 24.3 Å². The number of phenolic OH excluding ortho intramolecular Hbond substituents is 1. The second-order valence-corrected chi connectivity index (χ2v) is 5.96. The number of ether oxygens (including phenoxy) is 1. The molecule has 1 aromatic carbocycles. The van der Waals surface area contributed by atoms with E-state index in [1.54, 1.807) is 37.8 Å². The van der Waals surface area contributed by atoms with Crippen LogP contribution in [0.2, 0.25) is 0 Å². The standard InChI is InChI=1S/C15H20N2O4/c1-15(2,3)21-14(20)16-8-9-17(13(19)10-16)11-4-6-12(18)7-5-11/h4-7,18H,8-10H2,1-3H3. The number of amides is 2. The molecule has 0 spiro atoms. The number of carbonyl (C=O) groups is 2. The molecule has 6 nitrogen and oxygen atoms in total. The van der Waals surface area contributed by atoms with Gasteiger partial charge in [-0.05, 0) is 45.0 Å². The summed E-state index contributed by atoms with van der Waals surface area (Å²) in [7, 11) is 0. The summed E-state index contributed by atoms with van der Waals surface area (Å²) >= 11 is 0. The van der Waals surface area contributed by atoms with Gasteiger partial charge in [0.15, 0.2) is 0 Å². The molecule has 0 atom stereocenters. The number of hydrogen-bond donors (Lipinski definition) is 1. The van der Waals surface area contributed by atoms with Crippen molar-refractivity contribution < 1.29 is 19.4 Å². The van der Waals surface area contributed by atoms with Crippen LogP contribution < -0.4 is 4.90 Å². The number of phenols is 1. The molecule has 0 aliphatic carbocycles. The SMILES string of the molecule is CC(C)(C)OC(=O)N1CCN(c2ccc(O)cc2)C(=O)C1. The van der Waals surface area contributed by atoms with Crippen molar-refractivity contribution >= 4 is 17.7 Å². The molecular formula is C15H20N2O4. The lowest BCUT2D eigenvalue weighted by atomic mass is 10.2. The van der Waals surface area contributed by atoms with Gasteiger partial charge in [-0.2, -0.15) is 0 Å². The molecular weight excluding hydrogens is 272 g/mol. The molecule has 1 aliphatic rings. The molecule has 0 radical (unpaired) electrons. The first-order chi connectivity index (χ1) is 9.76. The minimum atomic E-state index is -0.575. The van der Waals surface area contributed by atoms with Crippen molar-refractivity contribution in [3.63, 3.8) is 0 Å². The first kappa shape index (κ1) is 15.2. The van der Waals surface area contributed by atoms with E-state index < -0.39 is 11.7 Å². The van der Waals surface area contributed by atoms with E-state index in [-0.39, 0.29) is 18.2 Å². The number of rotatable bonds is 1. The van der Waals surface area contributed by atoms with Crippen LogP contribution in [0, 0.1) is 0 Å². The minimum absolute atomic E-state index is 0.00418. The Labute approximate surface area is 123 Å². The third-order valence-electron chi connectivity index (χ3n) is 3.03. The van der Waals surface area contributed by atoms with Gasteiger partial charge in [0.2, 0.25) is 5.91 Å². The Hall–Kier alpha value is -2.24. The van der Waals surface area contributed by atoms with Gasteiger partial charge in [0.25, 0.3) is 0 Å². The fraction of sp³-hybridized carbons (Fsp3) is 0.467. The Kier molecular flexibility index (Phi) is 4.06. The van der Waals surface area contributed by atoms with Crippen molar-refractivity contribution in [3.8, 4) is 5.75 Å². The van der Waals surface area contributed by atoms with Gasteiger partial charge in [-0.15, -0.1) is 0 Å². The molecule has 1 aliphatic heterocycles. The van der Waals surface area contributed by atoms with E-state index >= 15 is 0 Å². The first-order valence-electron chi connectivity index (χ1n) is 6.83. The lowest BCUT2D eigenvalue weighted by Gasteiger charge is -2.35. The number of nitrogens with zero attached hydrogens (tertiary/aromatic N) is 2. The highest BCUT2D eigenvalue weighted by Crippen LogP contribution is 2.21. The van der Waals surface area contributed by atoms with Crippen molar-refractivity contribution in [3.05, 3.63) is 24.3 Å². The van der Waals surface area contributed by atoms with Crippen LogP contribution in [0.25, 0.3) is 0 Å². The fourth-order valence-corrected chi connectivity index (χ4v) is 2.06. The molecule has 2 amide bonds. The zero-order valence-corrected chi connectivity index (χ0v) is 12.5. The molecule has 0 unspecified atom stereocenters. The van der Waals surface area contributed by atoms with Crippen LogP contribution in [-0.4, -0.2) is 47.2 Å². The second kappa shape index (κ2) is 5.63. The van der Waals surface area contributed by atoms with E-state index in [1.165, 1.54) is 17.0 Å². The van der Waals surface area contributed by atoms with Crippen LogP contribution in [-0.2, 0) is 9.53 Å². The van der Waals surface area contributed by atoms with Crippen LogP contribution in [0.5, 0.6) is 5.75 Å². The Balaban J connectivity index is 2.01. The van der Waals surface area contributed by atoms with Gasteiger partial charge in [-0.25, -0.2) is 4.79 Å². The molecule has 114 valence electrons. The van der Waals surface area contributed by atoms with Gasteiger partial charge in [0.1, 0.15) is 17.9 Å². The highest BCUT2D eigenvalue weighted by Gasteiger charge is 2.30. The monoisotopic (exact) mass is 292 g/mol. The summed E-state index contributed by atoms with van der Waals surface area (Å²) in [5.74, 6) is -0.0172. The average Bonchev–Trinajstić information content (AvgIpc) is 2.38. The Morgan fingerprint density at radius 3 is 2.33 bits per heavy atom. The van der Waals surface area contributed by atoms with Gasteiger partial charge in [-0.1, -0.05) is 0 Å². The fourth-order valence-electron chi connectivity index (χ4n) is 2.06. The molecule has 1 aromatic rings. The zero-order valence-electron chi connectivity index (χ0n) is 12.5. The summed E-state index contributed by atoms with van der Waals surface area (Å²) < 4.78 is 5.27. The molecule has 0 saturated carbocycles. The number of piperazine rings is 1. The maximum Gasteiger partial charge on any atom is 0.410 e. The van der Waals surface area contributed by atoms with Crippen LogP contribution >= 0.6 is 0 Å². The predicted molar refractivity (Wildman–Crippen MR) is 78.3 cm³/mol. The molecule has 1 fully saturated rings. The topological polar surface area (TPSA) is 70.1 Å². The number of aromatic hydroxyl groups is 1. The number of anilines is 1. The van der Waals surface area contributed by atoms with Crippen LogP contribution in [0.1, 0.15) is 20.8 Å². The number of benzene rings is 1. The lowest BCUT2D eigenvalue weighted by Crippen LogP contribution is -2.53. The van der Waals surface area contributed by atoms with E-state index in [0.29, 0.717) is 18.8 Å². The summed E-state index contributed by atoms with van der Waals surface area (Å²) in [5, 5.41) is 9.27. The molecule has 21 heavy (non-hydrogen) atoms. The molecule has 1 saturated heterocycles. The van der Waals surface area contributed by atoms with E-state index in [9.17, 15) is 14.7 Å². The minimum Gasteiger partial charge on any atom is -0.508 e. The van der Waals surface area contributed by atoms with Crippen molar-refractivity contribution in [2.75, 3.05) is 24.5 Å². The molecule has 1 N–H and O–H groups in total. The van der Waals surface area contributed by atoms with Crippen molar-refractivity contribution in [2.45, 2.75) is 26.4 Å². The van der Waals surface area contributed by atoms with E-state index in [4.69, 9.17) is 4.74 Å². The average molecular weight is 292 g/mol. The Morgan fingerprint density at radius 1 is 1.19 bits per heavy atom. The van der Waals surface area contributed by atoms with E-state index in [2.05, 4.69) is 0 Å². The van der Waals surface area contributed by atoms with Gasteiger partial charge in [-0.3, -0.25) is 9.69 Å². The van der Waals surface area contributed by atoms with E-state index in [1.807, 2.05) is 0 Å². The highest BCUT2D eigenvalue weighted by atomic mass is 16.6. The Morgan fingerprint density at radius 2 is 1.81 bits per heavy atom. The summed E-state index contributed by atoms with van der Waals surface area (Å²) in [4.78, 5) is 27.1. The predicted octanol–water partition coefficient (Wildman–Crippen LogP) is 1.98. The third kappa shape index (κ3) is 3.87. The van der Waals surface area contributed by atoms with Gasteiger partial charge in [0.05, 0.1) is 0 Å². The van der Waals surface area contributed by atoms with Gasteiger partial charge < -0.3 is 14.7 Å². The summed E-state index contributed by atoms with van der Waals surface area (Å²) in [6.07, 6.45) is -0.471. The summed E-state index contributed by atoms with van der Waals surface area (Å²) in [6, 6.07) is 6.42. The van der Waals surface area contributed by atoms with Crippen molar-refractivity contribution in [1.82, 2.24) is 4.90 Å². The van der Waals surface area contributed by atoms with Crippen molar-refractivity contribution in [1.29, 1.82) is 0 Å². The van der Waals surface area contributed by atoms with Crippen molar-refractivity contribution in [2.24, 2.45) is 0 Å². The largest absolute Gasteiger partial charge is 0.508 e. The quantitative estimate of drug-likeness (QED) is 0.859. The smallest absolute Gasteiger partial charge is 0.410 e. The van der Waals surface area contributed by atoms with Gasteiger partial charge in [0, 0.05) is 18.8 Å². The summed E-state index contributed by atoms with van der Waals surface area (Å²) in [5.41, 5.74) is 0.135. The molecule has 0 aromatic heterocycles. The zero-order chi connectivity index (χ0) is 15.6. The second-order valence-electron chi connectivity index (χ2n) is 5.96. The Bertz CT molecular complexity index is 534. The van der Waals surface area contributed by atoms with Crippen LogP contribution in [0.4, 0.5) is 10.5 Å². The molecule has 6 heteroatoms. The number of carbonyl (C=O) groups excluding carboxylic acids is 2. The van der Waals surface area contributed by atoms with E-state index in [0.717, 1.165) is 0 Å². The third-order valence-corrected chi connectivity index (χ3v) is 3.03. The molecule has 2 rings (SSSR count). The number of hydrogen-bond acceptors (Lipinski definition) is 4. The van der Waals surface area contributed by atoms with Gasteiger partial charge >= 0.3 is 6.09 Å². The lowest BCUT2D eigenvalue weighted by molar-refractivity contribution is -0.121. The summed E-state index contributed by atoms with van der Waals surface area (Å²) in [6.45, 7) is 6.19. The maximum absolute atomic E-state index is 12.2. The normalized spacial score (nSPS) is 16.0. The molecule has 0 bridgehead atoms. The maximum atomic E-state index is 12.2. The molecule has 1 heterocycles. The highest BCUT2D eigenvalue weighted by molar-refractivity contribution is 5.97. The van der Waals surface area contributed by atoms with Crippen LogP contribution in [0.3, 0.4) is 0 Å².